The molecule has 5 heteroatoms. The highest BCUT2D eigenvalue weighted by Gasteiger charge is 2.29. The minimum absolute atomic E-state index is 0.272. The molecule has 0 saturated heterocycles. The summed E-state index contributed by atoms with van der Waals surface area (Å²) in [5, 5.41) is 0. The van der Waals surface area contributed by atoms with Crippen molar-refractivity contribution in [2.45, 2.75) is 20.0 Å². The molecular weight excluding hydrogens is 270 g/mol. The summed E-state index contributed by atoms with van der Waals surface area (Å²) in [5.41, 5.74) is 0.842. The van der Waals surface area contributed by atoms with Crippen LogP contribution in [0.1, 0.15) is 16.7 Å². The first-order valence-corrected chi connectivity index (χ1v) is 6.15. The van der Waals surface area contributed by atoms with E-state index in [1.54, 1.807) is 0 Å². The first-order chi connectivity index (χ1) is 9.50. The van der Waals surface area contributed by atoms with Crippen molar-refractivity contribution in [2.75, 3.05) is 4.90 Å². The molecule has 1 heterocycles. The standard InChI is InChI=1S/C15H11F4N/c1-8-11(16)13(18)14(19)15(12(8)17)20-6-9-4-2-3-5-10(9)7-20/h2-5H,6-7H2,1H3. The zero-order valence-electron chi connectivity index (χ0n) is 10.7. The smallest absolute Gasteiger partial charge is 0.197 e. The Morgan fingerprint density at radius 3 is 1.90 bits per heavy atom. The highest BCUT2D eigenvalue weighted by atomic mass is 19.2. The third-order valence-corrected chi connectivity index (χ3v) is 3.62. The second kappa shape index (κ2) is 4.51. The van der Waals surface area contributed by atoms with E-state index < -0.39 is 34.5 Å². The Balaban J connectivity index is 2.10. The van der Waals surface area contributed by atoms with E-state index in [0.29, 0.717) is 0 Å². The maximum Gasteiger partial charge on any atom is 0.197 e. The van der Waals surface area contributed by atoms with Gasteiger partial charge in [-0.2, -0.15) is 0 Å². The van der Waals surface area contributed by atoms with Crippen molar-refractivity contribution in [3.8, 4) is 0 Å². The molecule has 1 aliphatic heterocycles. The molecule has 0 radical (unpaired) electrons. The lowest BCUT2D eigenvalue weighted by Gasteiger charge is -2.20. The van der Waals surface area contributed by atoms with Gasteiger partial charge in [0, 0.05) is 18.7 Å². The quantitative estimate of drug-likeness (QED) is 0.432. The Labute approximate surface area is 113 Å². The number of nitrogens with zero attached hydrogens (tertiary/aromatic N) is 1. The fourth-order valence-corrected chi connectivity index (χ4v) is 2.50. The third kappa shape index (κ3) is 1.77. The lowest BCUT2D eigenvalue weighted by Crippen LogP contribution is -2.20. The summed E-state index contributed by atoms with van der Waals surface area (Å²) in [6, 6.07) is 7.34. The Kier molecular flexibility index (Phi) is 2.92. The summed E-state index contributed by atoms with van der Waals surface area (Å²) < 4.78 is 54.8. The Hall–Kier alpha value is -2.04. The molecule has 0 aromatic heterocycles. The van der Waals surface area contributed by atoms with Crippen molar-refractivity contribution in [1.29, 1.82) is 0 Å². The van der Waals surface area contributed by atoms with Crippen molar-refractivity contribution in [2.24, 2.45) is 0 Å². The van der Waals surface area contributed by atoms with Gasteiger partial charge in [0.15, 0.2) is 23.3 Å². The number of hydrogen-bond donors (Lipinski definition) is 0. The van der Waals surface area contributed by atoms with E-state index in [1.807, 2.05) is 24.3 Å². The van der Waals surface area contributed by atoms with Crippen LogP contribution < -0.4 is 4.90 Å². The Morgan fingerprint density at radius 1 is 0.800 bits per heavy atom. The van der Waals surface area contributed by atoms with Crippen molar-refractivity contribution in [1.82, 2.24) is 0 Å². The monoisotopic (exact) mass is 281 g/mol. The number of fused-ring (bicyclic) bond motifs is 1. The molecule has 0 atom stereocenters. The average molecular weight is 281 g/mol. The lowest BCUT2D eigenvalue weighted by molar-refractivity contribution is 0.427. The van der Waals surface area contributed by atoms with Gasteiger partial charge in [0.2, 0.25) is 0 Å². The van der Waals surface area contributed by atoms with Crippen molar-refractivity contribution < 1.29 is 17.6 Å². The van der Waals surface area contributed by atoms with Crippen LogP contribution in [0.5, 0.6) is 0 Å². The SMILES string of the molecule is Cc1c(F)c(F)c(F)c(N2Cc3ccccc3C2)c1F. The molecule has 0 amide bonds. The van der Waals surface area contributed by atoms with Crippen LogP contribution in [-0.4, -0.2) is 0 Å². The van der Waals surface area contributed by atoms with Crippen molar-refractivity contribution >= 4 is 5.69 Å². The number of hydrogen-bond acceptors (Lipinski definition) is 1. The predicted molar refractivity (Wildman–Crippen MR) is 67.3 cm³/mol. The maximum atomic E-state index is 14.1. The van der Waals surface area contributed by atoms with Gasteiger partial charge in [-0.05, 0) is 18.1 Å². The van der Waals surface area contributed by atoms with Crippen molar-refractivity contribution in [3.05, 3.63) is 64.2 Å². The van der Waals surface area contributed by atoms with Gasteiger partial charge < -0.3 is 4.90 Å². The third-order valence-electron chi connectivity index (χ3n) is 3.62. The molecule has 3 rings (SSSR count). The van der Waals surface area contributed by atoms with Gasteiger partial charge in [0.25, 0.3) is 0 Å². The molecule has 1 aliphatic rings. The summed E-state index contributed by atoms with van der Waals surface area (Å²) in [5.74, 6) is -5.62. The normalized spacial score (nSPS) is 13.8. The summed E-state index contributed by atoms with van der Waals surface area (Å²) in [6.45, 7) is 1.64. The molecule has 1 nitrogen and oxygen atoms in total. The summed E-state index contributed by atoms with van der Waals surface area (Å²) >= 11 is 0. The molecule has 0 unspecified atom stereocenters. The van der Waals surface area contributed by atoms with E-state index in [0.717, 1.165) is 18.1 Å². The number of benzene rings is 2. The van der Waals surface area contributed by atoms with Gasteiger partial charge >= 0.3 is 0 Å². The molecule has 0 aliphatic carbocycles. The Bertz CT molecular complexity index is 643. The Morgan fingerprint density at radius 2 is 1.35 bits per heavy atom. The van der Waals surface area contributed by atoms with Gasteiger partial charge in [-0.25, -0.2) is 17.6 Å². The number of anilines is 1. The van der Waals surface area contributed by atoms with Crippen LogP contribution in [0, 0.1) is 30.2 Å². The molecule has 2 aromatic carbocycles. The van der Waals surface area contributed by atoms with E-state index in [1.165, 1.54) is 4.90 Å². The minimum Gasteiger partial charge on any atom is -0.358 e. The maximum absolute atomic E-state index is 14.1. The second-order valence-corrected chi connectivity index (χ2v) is 4.85. The number of rotatable bonds is 1. The van der Waals surface area contributed by atoms with E-state index in [4.69, 9.17) is 0 Å². The van der Waals surface area contributed by atoms with Crippen molar-refractivity contribution in [3.63, 3.8) is 0 Å². The van der Waals surface area contributed by atoms with Crippen LogP contribution >= 0.6 is 0 Å². The highest BCUT2D eigenvalue weighted by molar-refractivity contribution is 5.56. The zero-order valence-corrected chi connectivity index (χ0v) is 10.7. The van der Waals surface area contributed by atoms with Crippen LogP contribution in [0.4, 0.5) is 23.2 Å². The lowest BCUT2D eigenvalue weighted by atomic mass is 10.1. The largest absolute Gasteiger partial charge is 0.358 e. The molecule has 2 aromatic rings. The van der Waals surface area contributed by atoms with Gasteiger partial charge in [0.1, 0.15) is 5.69 Å². The molecule has 0 fully saturated rings. The van der Waals surface area contributed by atoms with Gasteiger partial charge in [-0.3, -0.25) is 0 Å². The average Bonchev–Trinajstić information content (AvgIpc) is 2.86. The molecular formula is C15H11F4N. The van der Waals surface area contributed by atoms with Gasteiger partial charge in [-0.1, -0.05) is 24.3 Å². The molecule has 0 spiro atoms. The fraction of sp³-hybridized carbons (Fsp3) is 0.200. The van der Waals surface area contributed by atoms with Crippen LogP contribution in [0.2, 0.25) is 0 Å². The van der Waals surface area contributed by atoms with E-state index in [9.17, 15) is 17.6 Å². The summed E-state index contributed by atoms with van der Waals surface area (Å²) in [4.78, 5) is 1.38. The van der Waals surface area contributed by atoms with Crippen LogP contribution in [0.15, 0.2) is 24.3 Å². The number of halogens is 4. The first kappa shape index (κ1) is 13.0. The van der Waals surface area contributed by atoms with E-state index in [2.05, 4.69) is 0 Å². The first-order valence-electron chi connectivity index (χ1n) is 6.15. The highest BCUT2D eigenvalue weighted by Crippen LogP contribution is 2.35. The molecule has 20 heavy (non-hydrogen) atoms. The second-order valence-electron chi connectivity index (χ2n) is 4.85. The topological polar surface area (TPSA) is 3.24 Å². The van der Waals surface area contributed by atoms with Crippen LogP contribution in [-0.2, 0) is 13.1 Å². The van der Waals surface area contributed by atoms with E-state index in [-0.39, 0.29) is 13.1 Å². The molecule has 0 N–H and O–H groups in total. The molecule has 0 bridgehead atoms. The molecule has 0 saturated carbocycles. The summed E-state index contributed by atoms with van der Waals surface area (Å²) in [7, 11) is 0. The summed E-state index contributed by atoms with van der Waals surface area (Å²) in [6.07, 6.45) is 0. The van der Waals surface area contributed by atoms with Gasteiger partial charge in [0.05, 0.1) is 0 Å². The van der Waals surface area contributed by atoms with E-state index >= 15 is 0 Å². The molecule has 104 valence electrons. The predicted octanol–water partition coefficient (Wildman–Crippen LogP) is 4.07. The minimum atomic E-state index is -1.63. The zero-order chi connectivity index (χ0) is 14.4. The fourth-order valence-electron chi connectivity index (χ4n) is 2.50. The van der Waals surface area contributed by atoms with Crippen LogP contribution in [0.3, 0.4) is 0 Å². The van der Waals surface area contributed by atoms with Gasteiger partial charge in [-0.15, -0.1) is 0 Å². The van der Waals surface area contributed by atoms with Crippen LogP contribution in [0.25, 0.3) is 0 Å².